The number of hydrogen-bond acceptors (Lipinski definition) is 2. The number of carbonyl (C=O) groups excluding carboxylic acids is 1. The van der Waals surface area contributed by atoms with Crippen LogP contribution in [0.3, 0.4) is 0 Å². The second-order valence-corrected chi connectivity index (χ2v) is 4.46. The average Bonchev–Trinajstić information content (AvgIpc) is 2.91. The van der Waals surface area contributed by atoms with Gasteiger partial charge in [-0.25, -0.2) is 0 Å². The molecule has 0 aliphatic heterocycles. The molecule has 100 valence electrons. The number of nitrogens with one attached hydrogen (secondary N) is 3. The van der Waals surface area contributed by atoms with Gasteiger partial charge in [-0.05, 0) is 43.2 Å². The van der Waals surface area contributed by atoms with Gasteiger partial charge in [0.15, 0.2) is 0 Å². The zero-order chi connectivity index (χ0) is 13.7. The summed E-state index contributed by atoms with van der Waals surface area (Å²) in [6.45, 7) is 5.32. The Morgan fingerprint density at radius 3 is 2.84 bits per heavy atom. The van der Waals surface area contributed by atoms with E-state index in [9.17, 15) is 4.79 Å². The van der Waals surface area contributed by atoms with Crippen molar-refractivity contribution in [1.29, 1.82) is 0 Å². The molecule has 2 rings (SSSR count). The molecular weight excluding hydrogens is 238 g/mol. The van der Waals surface area contributed by atoms with Crippen molar-refractivity contribution >= 4 is 11.6 Å². The first-order valence-electron chi connectivity index (χ1n) is 6.45. The lowest BCUT2D eigenvalue weighted by Gasteiger charge is -2.11. The Labute approximate surface area is 113 Å². The van der Waals surface area contributed by atoms with Crippen molar-refractivity contribution in [3.8, 4) is 0 Å². The number of aromatic amines is 1. The molecule has 4 heteroatoms. The predicted octanol–water partition coefficient (Wildman–Crippen LogP) is 2.68. The molecule has 0 fully saturated rings. The summed E-state index contributed by atoms with van der Waals surface area (Å²) in [6.07, 6.45) is 3.85. The maximum absolute atomic E-state index is 11.8. The van der Waals surface area contributed by atoms with E-state index in [1.165, 1.54) is 5.56 Å². The highest BCUT2D eigenvalue weighted by Crippen LogP contribution is 2.18. The zero-order valence-electron chi connectivity index (χ0n) is 11.3. The van der Waals surface area contributed by atoms with Crippen molar-refractivity contribution in [3.05, 3.63) is 53.3 Å². The Kier molecular flexibility index (Phi) is 4.23. The fourth-order valence-corrected chi connectivity index (χ4v) is 1.88. The van der Waals surface area contributed by atoms with E-state index < -0.39 is 0 Å². The second kappa shape index (κ2) is 6.09. The molecule has 19 heavy (non-hydrogen) atoms. The van der Waals surface area contributed by atoms with Crippen LogP contribution in [-0.4, -0.2) is 17.4 Å². The highest BCUT2D eigenvalue weighted by molar-refractivity contribution is 5.95. The number of rotatable bonds is 5. The minimum absolute atomic E-state index is 0.0350. The van der Waals surface area contributed by atoms with Crippen molar-refractivity contribution in [2.24, 2.45) is 0 Å². The SMILES string of the molecule is CCNC(=O)c1ccc(C)c(NCc2cc[nH]c2)c1. The summed E-state index contributed by atoms with van der Waals surface area (Å²) in [4.78, 5) is 14.8. The van der Waals surface area contributed by atoms with E-state index in [1.807, 2.05) is 50.5 Å². The molecule has 1 heterocycles. The summed E-state index contributed by atoms with van der Waals surface area (Å²) in [5.74, 6) is -0.0350. The lowest BCUT2D eigenvalue weighted by Crippen LogP contribution is -2.22. The van der Waals surface area contributed by atoms with Crippen molar-refractivity contribution < 1.29 is 4.79 Å². The normalized spacial score (nSPS) is 10.2. The number of H-pyrrole nitrogens is 1. The first-order chi connectivity index (χ1) is 9.20. The molecule has 0 bridgehead atoms. The molecule has 0 saturated heterocycles. The number of amides is 1. The first-order valence-corrected chi connectivity index (χ1v) is 6.45. The van der Waals surface area contributed by atoms with Gasteiger partial charge in [0, 0.05) is 36.7 Å². The van der Waals surface area contributed by atoms with Crippen LogP contribution in [0, 0.1) is 6.92 Å². The topological polar surface area (TPSA) is 56.9 Å². The van der Waals surface area contributed by atoms with Gasteiger partial charge in [-0.3, -0.25) is 4.79 Å². The van der Waals surface area contributed by atoms with Crippen LogP contribution in [0.2, 0.25) is 0 Å². The number of anilines is 1. The van der Waals surface area contributed by atoms with Crippen molar-refractivity contribution in [2.75, 3.05) is 11.9 Å². The van der Waals surface area contributed by atoms with E-state index in [0.29, 0.717) is 12.1 Å². The van der Waals surface area contributed by atoms with Crippen LogP contribution in [0.4, 0.5) is 5.69 Å². The number of carbonyl (C=O) groups is 1. The van der Waals surface area contributed by atoms with E-state index in [1.54, 1.807) is 0 Å². The Balaban J connectivity index is 2.10. The molecule has 1 aromatic heterocycles. The molecule has 0 aliphatic rings. The molecule has 0 unspecified atom stereocenters. The Hall–Kier alpha value is -2.23. The fourth-order valence-electron chi connectivity index (χ4n) is 1.88. The van der Waals surface area contributed by atoms with Gasteiger partial charge in [0.25, 0.3) is 5.91 Å². The lowest BCUT2D eigenvalue weighted by atomic mass is 10.1. The van der Waals surface area contributed by atoms with E-state index in [4.69, 9.17) is 0 Å². The molecule has 4 nitrogen and oxygen atoms in total. The minimum atomic E-state index is -0.0350. The highest BCUT2D eigenvalue weighted by Gasteiger charge is 2.07. The molecule has 2 aromatic rings. The van der Waals surface area contributed by atoms with Crippen LogP contribution in [0.25, 0.3) is 0 Å². The molecule has 0 aliphatic carbocycles. The summed E-state index contributed by atoms with van der Waals surface area (Å²) in [6, 6.07) is 7.73. The number of hydrogen-bond donors (Lipinski definition) is 3. The van der Waals surface area contributed by atoms with Crippen molar-refractivity contribution in [2.45, 2.75) is 20.4 Å². The van der Waals surface area contributed by atoms with Crippen LogP contribution in [0.5, 0.6) is 0 Å². The van der Waals surface area contributed by atoms with E-state index >= 15 is 0 Å². The monoisotopic (exact) mass is 257 g/mol. The number of benzene rings is 1. The number of aryl methyl sites for hydroxylation is 1. The van der Waals surface area contributed by atoms with Crippen molar-refractivity contribution in [1.82, 2.24) is 10.3 Å². The molecular formula is C15H19N3O. The smallest absolute Gasteiger partial charge is 0.251 e. The van der Waals surface area contributed by atoms with Gasteiger partial charge < -0.3 is 15.6 Å². The third-order valence-electron chi connectivity index (χ3n) is 2.98. The molecule has 1 aromatic carbocycles. The maximum atomic E-state index is 11.8. The molecule has 0 saturated carbocycles. The molecule has 1 amide bonds. The van der Waals surface area contributed by atoms with Gasteiger partial charge in [-0.1, -0.05) is 6.07 Å². The summed E-state index contributed by atoms with van der Waals surface area (Å²) in [7, 11) is 0. The minimum Gasteiger partial charge on any atom is -0.381 e. The highest BCUT2D eigenvalue weighted by atomic mass is 16.1. The summed E-state index contributed by atoms with van der Waals surface area (Å²) >= 11 is 0. The maximum Gasteiger partial charge on any atom is 0.251 e. The fraction of sp³-hybridized carbons (Fsp3) is 0.267. The van der Waals surface area contributed by atoms with Gasteiger partial charge in [0.2, 0.25) is 0 Å². The van der Waals surface area contributed by atoms with Crippen LogP contribution >= 0.6 is 0 Å². The molecule has 3 N–H and O–H groups in total. The van der Waals surface area contributed by atoms with Gasteiger partial charge in [-0.2, -0.15) is 0 Å². The molecule has 0 atom stereocenters. The van der Waals surface area contributed by atoms with Crippen LogP contribution < -0.4 is 10.6 Å². The van der Waals surface area contributed by atoms with Gasteiger partial charge >= 0.3 is 0 Å². The number of aromatic nitrogens is 1. The quantitative estimate of drug-likeness (QED) is 0.771. The Bertz CT molecular complexity index is 547. The van der Waals surface area contributed by atoms with E-state index in [0.717, 1.165) is 17.8 Å². The second-order valence-electron chi connectivity index (χ2n) is 4.46. The van der Waals surface area contributed by atoms with Crippen LogP contribution in [-0.2, 0) is 6.54 Å². The zero-order valence-corrected chi connectivity index (χ0v) is 11.3. The molecule has 0 spiro atoms. The average molecular weight is 257 g/mol. The van der Waals surface area contributed by atoms with Gasteiger partial charge in [0.05, 0.1) is 0 Å². The first kappa shape index (κ1) is 13.2. The Morgan fingerprint density at radius 2 is 2.16 bits per heavy atom. The summed E-state index contributed by atoms with van der Waals surface area (Å²) in [5, 5.41) is 6.16. The third kappa shape index (κ3) is 3.37. The van der Waals surface area contributed by atoms with E-state index in [-0.39, 0.29) is 5.91 Å². The van der Waals surface area contributed by atoms with Crippen LogP contribution in [0.1, 0.15) is 28.4 Å². The lowest BCUT2D eigenvalue weighted by molar-refractivity contribution is 0.0956. The van der Waals surface area contributed by atoms with Gasteiger partial charge in [0.1, 0.15) is 0 Å². The van der Waals surface area contributed by atoms with Crippen LogP contribution in [0.15, 0.2) is 36.7 Å². The predicted molar refractivity (Wildman–Crippen MR) is 77.3 cm³/mol. The summed E-state index contributed by atoms with van der Waals surface area (Å²) in [5.41, 5.74) is 3.99. The Morgan fingerprint density at radius 1 is 1.32 bits per heavy atom. The third-order valence-corrected chi connectivity index (χ3v) is 2.98. The summed E-state index contributed by atoms with van der Waals surface area (Å²) < 4.78 is 0. The largest absolute Gasteiger partial charge is 0.381 e. The van der Waals surface area contributed by atoms with Gasteiger partial charge in [-0.15, -0.1) is 0 Å². The van der Waals surface area contributed by atoms with E-state index in [2.05, 4.69) is 15.6 Å². The van der Waals surface area contributed by atoms with Crippen molar-refractivity contribution in [3.63, 3.8) is 0 Å². The standard InChI is InChI=1S/C15H19N3O/c1-3-17-15(19)13-5-4-11(2)14(8-13)18-10-12-6-7-16-9-12/h4-9,16,18H,3,10H2,1-2H3,(H,17,19). The molecule has 0 radical (unpaired) electrons.